The molecule has 0 amide bonds. The van der Waals surface area contributed by atoms with Crippen molar-refractivity contribution in [3.8, 4) is 0 Å². The Balaban J connectivity index is 1.94. The molecule has 9 heteroatoms. The van der Waals surface area contributed by atoms with E-state index in [2.05, 4.69) is 5.32 Å². The van der Waals surface area contributed by atoms with E-state index in [9.17, 15) is 26.4 Å². The molecule has 0 aromatic heterocycles. The van der Waals surface area contributed by atoms with Gasteiger partial charge in [-0.1, -0.05) is 26.0 Å². The maximum Gasteiger partial charge on any atom is 0.416 e. The Hall–Kier alpha value is -2.39. The van der Waals surface area contributed by atoms with Gasteiger partial charge >= 0.3 is 6.18 Å². The molecular formula is C20H21F3N2O3S. The van der Waals surface area contributed by atoms with Gasteiger partial charge in [-0.05, 0) is 53.3 Å². The SMILES string of the molecule is CC1(C)CC(c2cccc(C(F)(F)F)c2)Nc2ccc(C(=O)CS(N)(=O)=O)cc21. The van der Waals surface area contributed by atoms with E-state index in [1.165, 1.54) is 12.1 Å². The second-order valence-corrected chi connectivity index (χ2v) is 9.51. The number of primary sulfonamides is 1. The zero-order valence-corrected chi connectivity index (χ0v) is 16.7. The van der Waals surface area contributed by atoms with Crippen molar-refractivity contribution in [2.24, 2.45) is 5.14 Å². The summed E-state index contributed by atoms with van der Waals surface area (Å²) in [6, 6.07) is 9.63. The number of halogens is 3. The van der Waals surface area contributed by atoms with Crippen molar-refractivity contribution in [3.63, 3.8) is 0 Å². The van der Waals surface area contributed by atoms with Gasteiger partial charge in [-0.15, -0.1) is 0 Å². The highest BCUT2D eigenvalue weighted by molar-refractivity contribution is 7.89. The van der Waals surface area contributed by atoms with E-state index in [-0.39, 0.29) is 11.6 Å². The van der Waals surface area contributed by atoms with Gasteiger partial charge in [0.15, 0.2) is 5.78 Å². The van der Waals surface area contributed by atoms with E-state index in [1.54, 1.807) is 18.2 Å². The lowest BCUT2D eigenvalue weighted by Crippen LogP contribution is -2.32. The smallest absolute Gasteiger partial charge is 0.378 e. The average Bonchev–Trinajstić information content (AvgIpc) is 2.59. The lowest BCUT2D eigenvalue weighted by molar-refractivity contribution is -0.137. The highest BCUT2D eigenvalue weighted by atomic mass is 32.2. The van der Waals surface area contributed by atoms with E-state index in [0.717, 1.165) is 17.7 Å². The molecule has 2 aromatic rings. The summed E-state index contributed by atoms with van der Waals surface area (Å²) in [6.45, 7) is 3.86. The number of anilines is 1. The zero-order chi connectivity index (χ0) is 21.6. The second-order valence-electron chi connectivity index (χ2n) is 7.90. The highest BCUT2D eigenvalue weighted by Crippen LogP contribution is 2.45. The Bertz CT molecular complexity index is 1060. The number of alkyl halides is 3. The molecule has 29 heavy (non-hydrogen) atoms. The maximum absolute atomic E-state index is 13.1. The normalized spacial score (nSPS) is 18.6. The summed E-state index contributed by atoms with van der Waals surface area (Å²) < 4.78 is 61.6. The van der Waals surface area contributed by atoms with Crippen LogP contribution in [0.3, 0.4) is 0 Å². The molecule has 0 radical (unpaired) electrons. The molecule has 1 atom stereocenters. The number of ketones is 1. The third-order valence-electron chi connectivity index (χ3n) is 5.06. The molecule has 0 fully saturated rings. The number of sulfonamides is 1. The highest BCUT2D eigenvalue weighted by Gasteiger charge is 2.36. The third kappa shape index (κ3) is 4.79. The first-order valence-corrected chi connectivity index (χ1v) is 10.6. The quantitative estimate of drug-likeness (QED) is 0.723. The van der Waals surface area contributed by atoms with Crippen LogP contribution in [-0.2, 0) is 21.6 Å². The molecule has 1 heterocycles. The van der Waals surface area contributed by atoms with Crippen LogP contribution in [0, 0.1) is 0 Å². The van der Waals surface area contributed by atoms with E-state index < -0.39 is 38.7 Å². The molecule has 2 aromatic carbocycles. The fourth-order valence-electron chi connectivity index (χ4n) is 3.66. The molecule has 0 saturated heterocycles. The summed E-state index contributed by atoms with van der Waals surface area (Å²) in [5.74, 6) is -1.39. The van der Waals surface area contributed by atoms with Gasteiger partial charge in [0.05, 0.1) is 11.6 Å². The minimum Gasteiger partial charge on any atom is -0.378 e. The molecule has 0 saturated carbocycles. The fraction of sp³-hybridized carbons (Fsp3) is 0.350. The Kier molecular flexibility index (Phi) is 5.25. The van der Waals surface area contributed by atoms with Gasteiger partial charge < -0.3 is 5.32 Å². The third-order valence-corrected chi connectivity index (χ3v) is 5.73. The van der Waals surface area contributed by atoms with Crippen LogP contribution in [0.1, 0.15) is 53.4 Å². The summed E-state index contributed by atoms with van der Waals surface area (Å²) in [5.41, 5.74) is 1.07. The number of nitrogens with one attached hydrogen (secondary N) is 1. The first kappa shape index (κ1) is 21.3. The van der Waals surface area contributed by atoms with Crippen LogP contribution < -0.4 is 10.5 Å². The topological polar surface area (TPSA) is 89.3 Å². The molecule has 0 aliphatic carbocycles. The standard InChI is InChI=1S/C20H21F3N2O3S/c1-19(2)10-17(12-4-3-5-14(8-12)20(21,22)23)25-16-7-6-13(9-15(16)19)18(26)11-29(24,27)28/h3-9,17,25H,10-11H2,1-2H3,(H2,24,27,28). The minimum absolute atomic E-state index is 0.227. The number of benzene rings is 2. The van der Waals surface area contributed by atoms with Gasteiger partial charge in [0.2, 0.25) is 10.0 Å². The Morgan fingerprint density at radius 2 is 1.90 bits per heavy atom. The average molecular weight is 426 g/mol. The first-order valence-electron chi connectivity index (χ1n) is 8.88. The van der Waals surface area contributed by atoms with Crippen LogP contribution in [0.15, 0.2) is 42.5 Å². The molecule has 0 bridgehead atoms. The van der Waals surface area contributed by atoms with Crippen LogP contribution in [-0.4, -0.2) is 20.0 Å². The van der Waals surface area contributed by atoms with Crippen molar-refractivity contribution in [2.75, 3.05) is 11.1 Å². The number of hydrogen-bond acceptors (Lipinski definition) is 4. The van der Waals surface area contributed by atoms with E-state index in [0.29, 0.717) is 17.7 Å². The summed E-state index contributed by atoms with van der Waals surface area (Å²) in [7, 11) is -3.94. The molecule has 3 rings (SSSR count). The van der Waals surface area contributed by atoms with E-state index in [1.807, 2.05) is 13.8 Å². The van der Waals surface area contributed by atoms with Gasteiger partial charge in [-0.25, -0.2) is 13.6 Å². The number of fused-ring (bicyclic) bond motifs is 1. The van der Waals surface area contributed by atoms with Gasteiger partial charge in [0.1, 0.15) is 5.75 Å². The molecule has 5 nitrogen and oxygen atoms in total. The number of carbonyl (C=O) groups is 1. The Morgan fingerprint density at radius 1 is 1.21 bits per heavy atom. The molecule has 1 aliphatic rings. The summed E-state index contributed by atoms with van der Waals surface area (Å²) in [5, 5.41) is 8.19. The van der Waals surface area contributed by atoms with Gasteiger partial charge in [0.25, 0.3) is 0 Å². The van der Waals surface area contributed by atoms with Crippen molar-refractivity contribution in [3.05, 3.63) is 64.7 Å². The second kappa shape index (κ2) is 7.14. The number of nitrogens with two attached hydrogens (primary N) is 1. The molecule has 0 spiro atoms. The van der Waals surface area contributed by atoms with Crippen LogP contribution in [0.4, 0.5) is 18.9 Å². The zero-order valence-electron chi connectivity index (χ0n) is 15.9. The molecule has 3 N–H and O–H groups in total. The van der Waals surface area contributed by atoms with Crippen LogP contribution in [0.25, 0.3) is 0 Å². The van der Waals surface area contributed by atoms with Gasteiger partial charge in [0, 0.05) is 11.3 Å². The lowest BCUT2D eigenvalue weighted by Gasteiger charge is -2.39. The summed E-state index contributed by atoms with van der Waals surface area (Å²) in [4.78, 5) is 12.2. The van der Waals surface area contributed by atoms with Crippen molar-refractivity contribution < 1.29 is 26.4 Å². The summed E-state index contributed by atoms with van der Waals surface area (Å²) >= 11 is 0. The van der Waals surface area contributed by atoms with Crippen molar-refractivity contribution in [2.45, 2.75) is 37.9 Å². The number of hydrogen-bond donors (Lipinski definition) is 2. The maximum atomic E-state index is 13.1. The molecular weight excluding hydrogens is 405 g/mol. The van der Waals surface area contributed by atoms with Gasteiger partial charge in [-0.2, -0.15) is 13.2 Å². The lowest BCUT2D eigenvalue weighted by atomic mass is 9.73. The Morgan fingerprint density at radius 3 is 2.52 bits per heavy atom. The number of Topliss-reactive ketones (excluding diaryl/α,β-unsaturated/α-hetero) is 1. The van der Waals surface area contributed by atoms with E-state index in [4.69, 9.17) is 5.14 Å². The number of carbonyl (C=O) groups excluding carboxylic acids is 1. The minimum atomic E-state index is -4.42. The molecule has 1 unspecified atom stereocenters. The van der Waals surface area contributed by atoms with Gasteiger partial charge in [-0.3, -0.25) is 4.79 Å². The Labute approximate surface area is 167 Å². The van der Waals surface area contributed by atoms with Crippen molar-refractivity contribution in [1.29, 1.82) is 0 Å². The van der Waals surface area contributed by atoms with Crippen LogP contribution in [0.2, 0.25) is 0 Å². The molecule has 1 aliphatic heterocycles. The monoisotopic (exact) mass is 426 g/mol. The molecule has 156 valence electrons. The largest absolute Gasteiger partial charge is 0.416 e. The van der Waals surface area contributed by atoms with E-state index >= 15 is 0 Å². The van der Waals surface area contributed by atoms with Crippen molar-refractivity contribution in [1.82, 2.24) is 0 Å². The summed E-state index contributed by atoms with van der Waals surface area (Å²) in [6.07, 6.45) is -3.93. The number of rotatable bonds is 4. The van der Waals surface area contributed by atoms with Crippen molar-refractivity contribution >= 4 is 21.5 Å². The first-order chi connectivity index (χ1) is 13.3. The predicted molar refractivity (Wildman–Crippen MR) is 104 cm³/mol. The predicted octanol–water partition coefficient (Wildman–Crippen LogP) is 4.01. The van der Waals surface area contributed by atoms with Crippen LogP contribution >= 0.6 is 0 Å². The fourth-order valence-corrected chi connectivity index (χ4v) is 4.19. The van der Waals surface area contributed by atoms with Crippen LogP contribution in [0.5, 0.6) is 0 Å².